The van der Waals surface area contributed by atoms with E-state index in [0.717, 1.165) is 63.6 Å². The lowest BCUT2D eigenvalue weighted by atomic mass is 10.1. The lowest BCUT2D eigenvalue weighted by molar-refractivity contribution is -0.124. The highest BCUT2D eigenvalue weighted by molar-refractivity contribution is 7.20. The molecule has 0 saturated heterocycles. The Hall–Kier alpha value is -1.82. The van der Waals surface area contributed by atoms with E-state index in [0.29, 0.717) is 0 Å². The standard InChI is InChI=1S/C17H22N4OS/c1-9-14-10(2)18-12(4)19-17(14)23-15(9)11(3)20-21-16(22)13-7-5-6-8-13/h13H,5-8H2,1-4H3,(H,21,22). The first-order valence-electron chi connectivity index (χ1n) is 8.06. The minimum Gasteiger partial charge on any atom is -0.273 e. The van der Waals surface area contributed by atoms with E-state index in [1.165, 1.54) is 0 Å². The van der Waals surface area contributed by atoms with E-state index < -0.39 is 0 Å². The lowest BCUT2D eigenvalue weighted by Crippen LogP contribution is -2.25. The van der Waals surface area contributed by atoms with Crippen LogP contribution in [0.2, 0.25) is 0 Å². The maximum atomic E-state index is 12.1. The van der Waals surface area contributed by atoms with Gasteiger partial charge in [-0.3, -0.25) is 4.79 Å². The first-order chi connectivity index (χ1) is 11.0. The zero-order chi connectivity index (χ0) is 16.6. The number of rotatable bonds is 3. The number of hydrogen-bond donors (Lipinski definition) is 1. The summed E-state index contributed by atoms with van der Waals surface area (Å²) in [6, 6.07) is 0. The van der Waals surface area contributed by atoms with Crippen LogP contribution in [0.1, 0.15) is 54.6 Å². The highest BCUT2D eigenvalue weighted by Crippen LogP contribution is 2.31. The molecule has 0 aliphatic heterocycles. The van der Waals surface area contributed by atoms with E-state index in [4.69, 9.17) is 0 Å². The smallest absolute Gasteiger partial charge is 0.243 e. The van der Waals surface area contributed by atoms with Gasteiger partial charge in [0.2, 0.25) is 5.91 Å². The van der Waals surface area contributed by atoms with Gasteiger partial charge in [-0.15, -0.1) is 11.3 Å². The molecule has 2 heterocycles. The molecule has 0 bridgehead atoms. The molecule has 23 heavy (non-hydrogen) atoms. The van der Waals surface area contributed by atoms with Crippen LogP contribution in [-0.2, 0) is 4.79 Å². The number of hydrogen-bond acceptors (Lipinski definition) is 5. The molecule has 0 radical (unpaired) electrons. The van der Waals surface area contributed by atoms with Crippen molar-refractivity contribution in [3.8, 4) is 0 Å². The Kier molecular flexibility index (Phi) is 4.43. The number of thiophene rings is 1. The van der Waals surface area contributed by atoms with E-state index in [9.17, 15) is 4.79 Å². The second-order valence-corrected chi connectivity index (χ2v) is 7.25. The van der Waals surface area contributed by atoms with Crippen LogP contribution < -0.4 is 5.43 Å². The minimum atomic E-state index is 0.0485. The molecular weight excluding hydrogens is 308 g/mol. The molecule has 1 aliphatic carbocycles. The largest absolute Gasteiger partial charge is 0.273 e. The lowest BCUT2D eigenvalue weighted by Gasteiger charge is -2.07. The van der Waals surface area contributed by atoms with Crippen molar-refractivity contribution in [3.63, 3.8) is 0 Å². The van der Waals surface area contributed by atoms with Gasteiger partial charge in [-0.2, -0.15) is 5.10 Å². The van der Waals surface area contributed by atoms with E-state index >= 15 is 0 Å². The van der Waals surface area contributed by atoms with E-state index in [-0.39, 0.29) is 11.8 Å². The van der Waals surface area contributed by atoms with E-state index in [2.05, 4.69) is 27.4 Å². The van der Waals surface area contributed by atoms with Crippen LogP contribution in [0.5, 0.6) is 0 Å². The molecule has 2 aromatic heterocycles. The van der Waals surface area contributed by atoms with Crippen LogP contribution in [0.3, 0.4) is 0 Å². The number of carbonyl (C=O) groups is 1. The highest BCUT2D eigenvalue weighted by Gasteiger charge is 2.22. The Morgan fingerprint density at radius 1 is 1.22 bits per heavy atom. The zero-order valence-electron chi connectivity index (χ0n) is 14.1. The molecule has 1 aliphatic rings. The molecule has 1 fully saturated rings. The van der Waals surface area contributed by atoms with Crippen LogP contribution in [-0.4, -0.2) is 21.6 Å². The Labute approximate surface area is 140 Å². The van der Waals surface area contributed by atoms with Gasteiger partial charge in [0.25, 0.3) is 0 Å². The van der Waals surface area contributed by atoms with Crippen molar-refractivity contribution in [1.29, 1.82) is 0 Å². The van der Waals surface area contributed by atoms with Crippen LogP contribution >= 0.6 is 11.3 Å². The van der Waals surface area contributed by atoms with Crippen molar-refractivity contribution >= 4 is 33.2 Å². The number of nitrogens with zero attached hydrogens (tertiary/aromatic N) is 3. The molecule has 0 aromatic carbocycles. The Morgan fingerprint density at radius 2 is 1.91 bits per heavy atom. The number of carbonyl (C=O) groups excluding carboxylic acids is 1. The molecule has 122 valence electrons. The summed E-state index contributed by atoms with van der Waals surface area (Å²) in [7, 11) is 0. The normalized spacial score (nSPS) is 16.3. The van der Waals surface area contributed by atoms with Crippen molar-refractivity contribution in [3.05, 3.63) is 22.0 Å². The third kappa shape index (κ3) is 3.13. The van der Waals surface area contributed by atoms with Crippen molar-refractivity contribution in [2.24, 2.45) is 11.0 Å². The molecule has 3 rings (SSSR count). The first kappa shape index (κ1) is 16.1. The topological polar surface area (TPSA) is 67.2 Å². The van der Waals surface area contributed by atoms with Gasteiger partial charge in [-0.05, 0) is 46.1 Å². The summed E-state index contributed by atoms with van der Waals surface area (Å²) in [6.45, 7) is 7.92. The van der Waals surface area contributed by atoms with Gasteiger partial charge in [0.1, 0.15) is 10.7 Å². The van der Waals surface area contributed by atoms with E-state index in [1.54, 1.807) is 11.3 Å². The van der Waals surface area contributed by atoms with Crippen LogP contribution in [0, 0.1) is 26.7 Å². The molecule has 2 aromatic rings. The van der Waals surface area contributed by atoms with Gasteiger partial charge in [0, 0.05) is 17.0 Å². The summed E-state index contributed by atoms with van der Waals surface area (Å²) in [5.74, 6) is 0.963. The molecule has 0 spiro atoms. The number of aromatic nitrogens is 2. The van der Waals surface area contributed by atoms with Crippen LogP contribution in [0.4, 0.5) is 0 Å². The summed E-state index contributed by atoms with van der Waals surface area (Å²) >= 11 is 1.61. The predicted octanol–water partition coefficient (Wildman–Crippen LogP) is 3.65. The van der Waals surface area contributed by atoms with Crippen LogP contribution in [0.25, 0.3) is 10.2 Å². The Morgan fingerprint density at radius 3 is 2.61 bits per heavy atom. The number of hydrazone groups is 1. The Balaban J connectivity index is 1.87. The monoisotopic (exact) mass is 330 g/mol. The maximum absolute atomic E-state index is 12.1. The van der Waals surface area contributed by atoms with Crippen LogP contribution in [0.15, 0.2) is 5.10 Å². The van der Waals surface area contributed by atoms with Gasteiger partial charge < -0.3 is 0 Å². The fourth-order valence-electron chi connectivity index (χ4n) is 3.29. The SMILES string of the molecule is CC(=NNC(=O)C1CCCC1)c1sc2nc(C)nc(C)c2c1C. The summed E-state index contributed by atoms with van der Waals surface area (Å²) in [5.41, 5.74) is 5.70. The van der Waals surface area contributed by atoms with Gasteiger partial charge in [-0.25, -0.2) is 15.4 Å². The average molecular weight is 330 g/mol. The third-order valence-electron chi connectivity index (χ3n) is 4.47. The quantitative estimate of drug-likeness (QED) is 0.690. The van der Waals surface area contributed by atoms with Gasteiger partial charge >= 0.3 is 0 Å². The summed E-state index contributed by atoms with van der Waals surface area (Å²) in [5, 5.41) is 5.43. The predicted molar refractivity (Wildman–Crippen MR) is 93.9 cm³/mol. The van der Waals surface area contributed by atoms with Crippen molar-refractivity contribution in [2.75, 3.05) is 0 Å². The second-order valence-electron chi connectivity index (χ2n) is 6.25. The van der Waals surface area contributed by atoms with Gasteiger partial charge in [0.15, 0.2) is 0 Å². The molecule has 1 N–H and O–H groups in total. The fourth-order valence-corrected chi connectivity index (χ4v) is 4.51. The number of amides is 1. The van der Waals surface area contributed by atoms with Gasteiger partial charge in [0.05, 0.1) is 10.6 Å². The zero-order valence-corrected chi connectivity index (χ0v) is 14.9. The summed E-state index contributed by atoms with van der Waals surface area (Å²) in [4.78, 5) is 23.1. The number of aryl methyl sites for hydroxylation is 3. The van der Waals surface area contributed by atoms with Crippen molar-refractivity contribution in [1.82, 2.24) is 15.4 Å². The highest BCUT2D eigenvalue weighted by atomic mass is 32.1. The fraction of sp³-hybridized carbons (Fsp3) is 0.529. The molecule has 5 nitrogen and oxygen atoms in total. The second kappa shape index (κ2) is 6.35. The van der Waals surface area contributed by atoms with Crippen molar-refractivity contribution < 1.29 is 4.79 Å². The molecular formula is C17H22N4OS. The minimum absolute atomic E-state index is 0.0485. The molecule has 6 heteroatoms. The summed E-state index contributed by atoms with van der Waals surface area (Å²) < 4.78 is 0. The average Bonchev–Trinajstić information content (AvgIpc) is 3.12. The molecule has 0 atom stereocenters. The Bertz CT molecular complexity index is 787. The first-order valence-corrected chi connectivity index (χ1v) is 8.88. The number of fused-ring (bicyclic) bond motifs is 1. The van der Waals surface area contributed by atoms with Crippen molar-refractivity contribution in [2.45, 2.75) is 53.4 Å². The van der Waals surface area contributed by atoms with E-state index in [1.807, 2.05) is 20.8 Å². The molecule has 1 saturated carbocycles. The van der Waals surface area contributed by atoms with Gasteiger partial charge in [-0.1, -0.05) is 12.8 Å². The number of nitrogens with one attached hydrogen (secondary N) is 1. The maximum Gasteiger partial charge on any atom is 0.243 e. The molecule has 0 unspecified atom stereocenters. The third-order valence-corrected chi connectivity index (χ3v) is 5.77. The molecule has 1 amide bonds. The summed E-state index contributed by atoms with van der Waals surface area (Å²) in [6.07, 6.45) is 4.26.